The number of nitrogens with two attached hydrogens (primary N) is 1. The molecule has 0 spiro atoms. The van der Waals surface area contributed by atoms with E-state index in [9.17, 15) is 4.39 Å². The Balaban J connectivity index is 1.97. The maximum atomic E-state index is 13.1. The van der Waals surface area contributed by atoms with E-state index in [1.807, 2.05) is 0 Å². The van der Waals surface area contributed by atoms with Crippen LogP contribution in [0.4, 0.5) is 4.39 Å². The van der Waals surface area contributed by atoms with Gasteiger partial charge in [0, 0.05) is 4.47 Å². The fraction of sp³-hybridized carbons (Fsp3) is 0.250. The summed E-state index contributed by atoms with van der Waals surface area (Å²) in [6.45, 7) is 0. The number of halogens is 2. The molecule has 0 amide bonds. The molecule has 1 aliphatic rings. The van der Waals surface area contributed by atoms with E-state index in [1.165, 1.54) is 36.1 Å². The Hall–Kier alpha value is -1.19. The lowest BCUT2D eigenvalue weighted by molar-refractivity contribution is 0.625. The van der Waals surface area contributed by atoms with E-state index in [-0.39, 0.29) is 11.9 Å². The largest absolute Gasteiger partial charge is 0.320 e. The Morgan fingerprint density at radius 3 is 2.63 bits per heavy atom. The van der Waals surface area contributed by atoms with Gasteiger partial charge in [-0.25, -0.2) is 4.39 Å². The summed E-state index contributed by atoms with van der Waals surface area (Å²) >= 11 is 3.39. The Morgan fingerprint density at radius 1 is 1.05 bits per heavy atom. The van der Waals surface area contributed by atoms with Crippen LogP contribution in [0.5, 0.6) is 0 Å². The smallest absolute Gasteiger partial charge is 0.124 e. The molecule has 0 bridgehead atoms. The maximum Gasteiger partial charge on any atom is 0.124 e. The zero-order valence-electron chi connectivity index (χ0n) is 10.5. The quantitative estimate of drug-likeness (QED) is 0.885. The number of rotatable bonds is 2. The lowest BCUT2D eigenvalue weighted by atomic mass is 9.96. The summed E-state index contributed by atoms with van der Waals surface area (Å²) in [4.78, 5) is 0. The predicted octanol–water partition coefficient (Wildman–Crippen LogP) is 4.13. The lowest BCUT2D eigenvalue weighted by Crippen LogP contribution is -2.13. The van der Waals surface area contributed by atoms with Gasteiger partial charge in [0.15, 0.2) is 0 Å². The van der Waals surface area contributed by atoms with Crippen molar-refractivity contribution in [2.75, 3.05) is 0 Å². The average molecular weight is 320 g/mol. The molecule has 1 nitrogen and oxygen atoms in total. The number of benzene rings is 2. The van der Waals surface area contributed by atoms with Crippen LogP contribution < -0.4 is 5.73 Å². The Bertz CT molecular complexity index is 624. The fourth-order valence-corrected chi connectivity index (χ4v) is 3.32. The highest BCUT2D eigenvalue weighted by Crippen LogP contribution is 2.30. The number of hydrogen-bond donors (Lipinski definition) is 1. The van der Waals surface area contributed by atoms with Gasteiger partial charge in [-0.05, 0) is 53.6 Å². The second-order valence-electron chi connectivity index (χ2n) is 5.03. The third-order valence-corrected chi connectivity index (χ3v) is 4.47. The highest BCUT2D eigenvalue weighted by Gasteiger charge is 2.16. The molecular formula is C16H15BrFN. The van der Waals surface area contributed by atoms with E-state index in [2.05, 4.69) is 34.1 Å². The first-order valence-electron chi connectivity index (χ1n) is 6.47. The monoisotopic (exact) mass is 319 g/mol. The normalized spacial score (nSPS) is 15.3. The summed E-state index contributed by atoms with van der Waals surface area (Å²) in [7, 11) is 0. The zero-order chi connectivity index (χ0) is 13.4. The summed E-state index contributed by atoms with van der Waals surface area (Å²) in [5.74, 6) is -0.253. The second-order valence-corrected chi connectivity index (χ2v) is 5.88. The van der Waals surface area contributed by atoms with Gasteiger partial charge in [-0.15, -0.1) is 0 Å². The van der Waals surface area contributed by atoms with E-state index in [4.69, 9.17) is 5.73 Å². The van der Waals surface area contributed by atoms with Crippen molar-refractivity contribution in [1.82, 2.24) is 0 Å². The average Bonchev–Trinajstić information content (AvgIpc) is 2.85. The first-order chi connectivity index (χ1) is 9.15. The summed E-state index contributed by atoms with van der Waals surface area (Å²) in [6, 6.07) is 10.9. The third-order valence-electron chi connectivity index (χ3n) is 3.78. The molecule has 2 aromatic rings. The highest BCUT2D eigenvalue weighted by atomic mass is 79.9. The van der Waals surface area contributed by atoms with E-state index < -0.39 is 0 Å². The molecule has 0 radical (unpaired) electrons. The lowest BCUT2D eigenvalue weighted by Gasteiger charge is -2.15. The van der Waals surface area contributed by atoms with Gasteiger partial charge >= 0.3 is 0 Å². The standard InChI is InChI=1S/C16H15BrFN/c17-15-9-13(18)6-7-14(15)16(19)12-5-4-10-2-1-3-11(10)8-12/h4-9,16H,1-3,19H2. The topological polar surface area (TPSA) is 26.0 Å². The van der Waals surface area contributed by atoms with Crippen LogP contribution in [-0.2, 0) is 12.8 Å². The maximum absolute atomic E-state index is 13.1. The van der Waals surface area contributed by atoms with Gasteiger partial charge in [0.1, 0.15) is 5.82 Å². The number of hydrogen-bond acceptors (Lipinski definition) is 1. The molecular weight excluding hydrogens is 305 g/mol. The minimum atomic E-state index is -0.253. The van der Waals surface area contributed by atoms with Crippen molar-refractivity contribution in [3.05, 3.63) is 68.9 Å². The molecule has 3 rings (SSSR count). The number of fused-ring (bicyclic) bond motifs is 1. The fourth-order valence-electron chi connectivity index (χ4n) is 2.72. The molecule has 0 aliphatic heterocycles. The first-order valence-corrected chi connectivity index (χ1v) is 7.26. The summed E-state index contributed by atoms with van der Waals surface area (Å²) in [5.41, 5.74) is 11.2. The van der Waals surface area contributed by atoms with Crippen LogP contribution in [0.2, 0.25) is 0 Å². The molecule has 0 aromatic heterocycles. The van der Waals surface area contributed by atoms with E-state index in [0.29, 0.717) is 0 Å². The minimum Gasteiger partial charge on any atom is -0.320 e. The summed E-state index contributed by atoms with van der Waals surface area (Å²) in [5, 5.41) is 0. The van der Waals surface area contributed by atoms with Crippen molar-refractivity contribution < 1.29 is 4.39 Å². The predicted molar refractivity (Wildman–Crippen MR) is 78.6 cm³/mol. The number of aryl methyl sites for hydroxylation is 2. The molecule has 1 unspecified atom stereocenters. The van der Waals surface area contributed by atoms with E-state index in [0.717, 1.165) is 22.0 Å². The molecule has 0 saturated carbocycles. The molecule has 2 aromatic carbocycles. The molecule has 2 N–H and O–H groups in total. The second kappa shape index (κ2) is 5.06. The van der Waals surface area contributed by atoms with Gasteiger partial charge in [-0.2, -0.15) is 0 Å². The van der Waals surface area contributed by atoms with Gasteiger partial charge in [-0.1, -0.05) is 40.2 Å². The van der Waals surface area contributed by atoms with Crippen LogP contribution in [0.1, 0.15) is 34.7 Å². The Kier molecular flexibility index (Phi) is 3.42. The van der Waals surface area contributed by atoms with Crippen molar-refractivity contribution in [3.63, 3.8) is 0 Å². The Morgan fingerprint density at radius 2 is 1.84 bits per heavy atom. The molecule has 1 aliphatic carbocycles. The van der Waals surface area contributed by atoms with Crippen LogP contribution in [0, 0.1) is 5.82 Å². The van der Waals surface area contributed by atoms with Gasteiger partial charge in [-0.3, -0.25) is 0 Å². The van der Waals surface area contributed by atoms with Crippen LogP contribution in [0.25, 0.3) is 0 Å². The Labute approximate surface area is 120 Å². The van der Waals surface area contributed by atoms with Gasteiger partial charge in [0.25, 0.3) is 0 Å². The van der Waals surface area contributed by atoms with Crippen molar-refractivity contribution in [1.29, 1.82) is 0 Å². The molecule has 19 heavy (non-hydrogen) atoms. The molecule has 3 heteroatoms. The van der Waals surface area contributed by atoms with Crippen molar-refractivity contribution in [2.45, 2.75) is 25.3 Å². The SMILES string of the molecule is NC(c1ccc2c(c1)CCC2)c1ccc(F)cc1Br. The van der Waals surface area contributed by atoms with Crippen LogP contribution in [-0.4, -0.2) is 0 Å². The molecule has 0 fully saturated rings. The van der Waals surface area contributed by atoms with Crippen LogP contribution in [0.15, 0.2) is 40.9 Å². The van der Waals surface area contributed by atoms with Crippen molar-refractivity contribution >= 4 is 15.9 Å². The van der Waals surface area contributed by atoms with Gasteiger partial charge in [0.2, 0.25) is 0 Å². The molecule has 98 valence electrons. The van der Waals surface area contributed by atoms with Crippen molar-refractivity contribution in [3.8, 4) is 0 Å². The summed E-state index contributed by atoms with van der Waals surface area (Å²) in [6.07, 6.45) is 3.54. The third kappa shape index (κ3) is 2.45. The van der Waals surface area contributed by atoms with Gasteiger partial charge in [0.05, 0.1) is 6.04 Å². The van der Waals surface area contributed by atoms with Gasteiger partial charge < -0.3 is 5.73 Å². The molecule has 1 atom stereocenters. The summed E-state index contributed by atoms with van der Waals surface area (Å²) < 4.78 is 13.8. The minimum absolute atomic E-state index is 0.221. The molecule has 0 heterocycles. The highest BCUT2D eigenvalue weighted by molar-refractivity contribution is 9.10. The first kappa shape index (κ1) is 12.8. The van der Waals surface area contributed by atoms with E-state index in [1.54, 1.807) is 6.07 Å². The zero-order valence-corrected chi connectivity index (χ0v) is 12.1. The van der Waals surface area contributed by atoms with Crippen LogP contribution >= 0.6 is 15.9 Å². The van der Waals surface area contributed by atoms with E-state index >= 15 is 0 Å². The van der Waals surface area contributed by atoms with Crippen LogP contribution in [0.3, 0.4) is 0 Å². The molecule has 0 saturated heterocycles. The van der Waals surface area contributed by atoms with Crippen molar-refractivity contribution in [2.24, 2.45) is 5.73 Å².